The topological polar surface area (TPSA) is 63.8 Å². The quantitative estimate of drug-likeness (QED) is 0.538. The molecule has 0 aliphatic carbocycles. The molecule has 0 aliphatic rings. The van der Waals surface area contributed by atoms with Gasteiger partial charge in [-0.05, 0) is 18.4 Å². The standard InChI is InChI=1S/C13H24N4/c1-3-5-6-11(4-2)9-13(17-14)12-7-8-15-10-16-12/h7-8,10-11,13,17H,3-6,9,14H2,1-2H3. The van der Waals surface area contributed by atoms with Gasteiger partial charge in [-0.25, -0.2) is 9.97 Å². The minimum Gasteiger partial charge on any atom is -0.271 e. The Balaban J connectivity index is 2.56. The van der Waals surface area contributed by atoms with E-state index < -0.39 is 0 Å². The number of hydrazine groups is 1. The fraction of sp³-hybridized carbons (Fsp3) is 0.692. The van der Waals surface area contributed by atoms with E-state index >= 15 is 0 Å². The molecule has 0 saturated carbocycles. The van der Waals surface area contributed by atoms with Crippen LogP contribution in [0.5, 0.6) is 0 Å². The minimum atomic E-state index is 0.139. The third-order valence-corrected chi connectivity index (χ3v) is 3.28. The summed E-state index contributed by atoms with van der Waals surface area (Å²) in [6, 6.07) is 2.07. The van der Waals surface area contributed by atoms with Gasteiger partial charge in [-0.1, -0.05) is 39.5 Å². The number of hydrogen-bond donors (Lipinski definition) is 2. The average Bonchev–Trinajstić information content (AvgIpc) is 2.40. The fourth-order valence-corrected chi connectivity index (χ4v) is 2.10. The van der Waals surface area contributed by atoms with Crippen molar-refractivity contribution in [1.29, 1.82) is 0 Å². The summed E-state index contributed by atoms with van der Waals surface area (Å²) < 4.78 is 0. The molecule has 96 valence electrons. The Morgan fingerprint density at radius 1 is 1.41 bits per heavy atom. The van der Waals surface area contributed by atoms with Crippen molar-refractivity contribution >= 4 is 0 Å². The number of hydrogen-bond acceptors (Lipinski definition) is 4. The van der Waals surface area contributed by atoms with Crippen molar-refractivity contribution in [3.63, 3.8) is 0 Å². The second kappa shape index (κ2) is 8.14. The first kappa shape index (κ1) is 14.1. The molecule has 0 spiro atoms. The molecule has 17 heavy (non-hydrogen) atoms. The van der Waals surface area contributed by atoms with E-state index in [1.54, 1.807) is 12.5 Å². The third kappa shape index (κ3) is 4.79. The van der Waals surface area contributed by atoms with Gasteiger partial charge in [0.1, 0.15) is 6.33 Å². The Morgan fingerprint density at radius 2 is 2.24 bits per heavy atom. The average molecular weight is 236 g/mol. The molecule has 2 unspecified atom stereocenters. The maximum absolute atomic E-state index is 5.63. The monoisotopic (exact) mass is 236 g/mol. The van der Waals surface area contributed by atoms with Gasteiger partial charge >= 0.3 is 0 Å². The SMILES string of the molecule is CCCCC(CC)CC(NN)c1ccncn1. The molecule has 0 bridgehead atoms. The molecule has 1 aromatic heterocycles. The van der Waals surface area contributed by atoms with Crippen molar-refractivity contribution in [3.05, 3.63) is 24.3 Å². The molecule has 4 heteroatoms. The van der Waals surface area contributed by atoms with E-state index in [0.29, 0.717) is 5.92 Å². The van der Waals surface area contributed by atoms with Crippen LogP contribution in [0, 0.1) is 5.92 Å². The second-order valence-corrected chi connectivity index (χ2v) is 4.51. The summed E-state index contributed by atoms with van der Waals surface area (Å²) in [6.45, 7) is 4.48. The first-order valence-electron chi connectivity index (χ1n) is 6.53. The van der Waals surface area contributed by atoms with Crippen LogP contribution < -0.4 is 11.3 Å². The molecule has 1 aromatic rings. The summed E-state index contributed by atoms with van der Waals surface area (Å²) in [5.74, 6) is 6.34. The Labute approximate surface area is 104 Å². The molecule has 1 rings (SSSR count). The van der Waals surface area contributed by atoms with Crippen molar-refractivity contribution in [2.75, 3.05) is 0 Å². The second-order valence-electron chi connectivity index (χ2n) is 4.51. The molecule has 0 amide bonds. The largest absolute Gasteiger partial charge is 0.271 e. The van der Waals surface area contributed by atoms with Crippen LogP contribution in [0.3, 0.4) is 0 Å². The molecule has 0 aromatic carbocycles. The normalized spacial score (nSPS) is 14.5. The number of rotatable bonds is 8. The van der Waals surface area contributed by atoms with E-state index in [0.717, 1.165) is 12.1 Å². The fourth-order valence-electron chi connectivity index (χ4n) is 2.10. The lowest BCUT2D eigenvalue weighted by atomic mass is 9.91. The molecule has 3 N–H and O–H groups in total. The third-order valence-electron chi connectivity index (χ3n) is 3.28. The lowest BCUT2D eigenvalue weighted by Crippen LogP contribution is -2.30. The van der Waals surface area contributed by atoms with Crippen molar-refractivity contribution in [2.45, 2.75) is 52.0 Å². The Kier molecular flexibility index (Phi) is 6.74. The van der Waals surface area contributed by atoms with E-state index in [4.69, 9.17) is 5.84 Å². The highest BCUT2D eigenvalue weighted by atomic mass is 15.2. The van der Waals surface area contributed by atoms with Crippen LogP contribution in [0.4, 0.5) is 0 Å². The summed E-state index contributed by atoms with van der Waals surface area (Å²) in [5.41, 5.74) is 3.85. The van der Waals surface area contributed by atoms with E-state index in [1.807, 2.05) is 6.07 Å². The summed E-state index contributed by atoms with van der Waals surface area (Å²) >= 11 is 0. The molecule has 0 aliphatic heterocycles. The number of unbranched alkanes of at least 4 members (excludes halogenated alkanes) is 1. The maximum atomic E-state index is 5.63. The van der Waals surface area contributed by atoms with Gasteiger partial charge < -0.3 is 0 Å². The van der Waals surface area contributed by atoms with Gasteiger partial charge in [-0.15, -0.1) is 0 Å². The van der Waals surface area contributed by atoms with Crippen LogP contribution in [-0.4, -0.2) is 9.97 Å². The predicted molar refractivity (Wildman–Crippen MR) is 70.0 cm³/mol. The van der Waals surface area contributed by atoms with Crippen LogP contribution in [0.2, 0.25) is 0 Å². The minimum absolute atomic E-state index is 0.139. The predicted octanol–water partition coefficient (Wildman–Crippen LogP) is 2.59. The Morgan fingerprint density at radius 3 is 2.76 bits per heavy atom. The van der Waals surface area contributed by atoms with Crippen molar-refractivity contribution in [2.24, 2.45) is 11.8 Å². The van der Waals surface area contributed by atoms with Crippen LogP contribution in [-0.2, 0) is 0 Å². The molecular weight excluding hydrogens is 212 g/mol. The molecule has 0 fully saturated rings. The van der Waals surface area contributed by atoms with Crippen LogP contribution in [0.15, 0.2) is 18.6 Å². The lowest BCUT2D eigenvalue weighted by molar-refractivity contribution is 0.352. The van der Waals surface area contributed by atoms with Gasteiger partial charge in [-0.2, -0.15) is 0 Å². The number of aromatic nitrogens is 2. The van der Waals surface area contributed by atoms with Gasteiger partial charge in [-0.3, -0.25) is 11.3 Å². The van der Waals surface area contributed by atoms with Crippen molar-refractivity contribution in [3.8, 4) is 0 Å². The van der Waals surface area contributed by atoms with Crippen molar-refractivity contribution in [1.82, 2.24) is 15.4 Å². The zero-order valence-corrected chi connectivity index (χ0v) is 10.9. The first-order chi connectivity index (χ1) is 8.31. The van der Waals surface area contributed by atoms with Gasteiger partial charge in [0, 0.05) is 6.20 Å². The van der Waals surface area contributed by atoms with E-state index in [1.165, 1.54) is 25.7 Å². The highest BCUT2D eigenvalue weighted by Gasteiger charge is 2.16. The summed E-state index contributed by atoms with van der Waals surface area (Å²) in [7, 11) is 0. The molecule has 0 saturated heterocycles. The smallest absolute Gasteiger partial charge is 0.115 e. The zero-order chi connectivity index (χ0) is 12.5. The first-order valence-corrected chi connectivity index (χ1v) is 6.53. The highest BCUT2D eigenvalue weighted by molar-refractivity contribution is 5.04. The van der Waals surface area contributed by atoms with Crippen LogP contribution >= 0.6 is 0 Å². The molecule has 0 radical (unpaired) electrons. The molecule has 4 nitrogen and oxygen atoms in total. The number of nitrogens with one attached hydrogen (secondary N) is 1. The summed E-state index contributed by atoms with van der Waals surface area (Å²) in [6.07, 6.45) is 9.40. The van der Waals surface area contributed by atoms with Crippen LogP contribution in [0.1, 0.15) is 57.7 Å². The number of nitrogens with two attached hydrogens (primary N) is 1. The van der Waals surface area contributed by atoms with Gasteiger partial charge in [0.15, 0.2) is 0 Å². The van der Waals surface area contributed by atoms with E-state index in [2.05, 4.69) is 29.2 Å². The zero-order valence-electron chi connectivity index (χ0n) is 10.9. The van der Waals surface area contributed by atoms with Gasteiger partial charge in [0.25, 0.3) is 0 Å². The molecule has 2 atom stereocenters. The molecular formula is C13H24N4. The number of nitrogens with zero attached hydrogens (tertiary/aromatic N) is 2. The van der Waals surface area contributed by atoms with Crippen molar-refractivity contribution < 1.29 is 0 Å². The van der Waals surface area contributed by atoms with E-state index in [9.17, 15) is 0 Å². The van der Waals surface area contributed by atoms with Gasteiger partial charge in [0.2, 0.25) is 0 Å². The summed E-state index contributed by atoms with van der Waals surface area (Å²) in [4.78, 5) is 8.20. The van der Waals surface area contributed by atoms with Crippen LogP contribution in [0.25, 0.3) is 0 Å². The lowest BCUT2D eigenvalue weighted by Gasteiger charge is -2.21. The summed E-state index contributed by atoms with van der Waals surface area (Å²) in [5, 5.41) is 0. The Bertz CT molecular complexity index is 289. The Hall–Kier alpha value is -1.00. The molecule has 1 heterocycles. The van der Waals surface area contributed by atoms with E-state index in [-0.39, 0.29) is 6.04 Å². The maximum Gasteiger partial charge on any atom is 0.115 e. The highest BCUT2D eigenvalue weighted by Crippen LogP contribution is 2.24. The van der Waals surface area contributed by atoms with Gasteiger partial charge in [0.05, 0.1) is 11.7 Å².